The summed E-state index contributed by atoms with van der Waals surface area (Å²) < 4.78 is 0. The van der Waals surface area contributed by atoms with Crippen molar-refractivity contribution >= 4 is 22.7 Å². The van der Waals surface area contributed by atoms with Crippen LogP contribution in [0.4, 0.5) is 0 Å². The van der Waals surface area contributed by atoms with Crippen LogP contribution >= 0.6 is 0 Å². The predicted octanol–water partition coefficient (Wildman–Crippen LogP) is 0.488. The van der Waals surface area contributed by atoms with Crippen LogP contribution in [0.3, 0.4) is 0 Å². The summed E-state index contributed by atoms with van der Waals surface area (Å²) >= 11 is 0. The van der Waals surface area contributed by atoms with Crippen molar-refractivity contribution in [3.8, 4) is 0 Å². The molecule has 2 amide bonds. The number of aliphatic hydroxyl groups is 1. The first-order valence-electron chi connectivity index (χ1n) is 8.70. The number of pyridine rings is 1. The van der Waals surface area contributed by atoms with Crippen LogP contribution < -0.4 is 5.32 Å². The molecular weight excluding hydrogens is 332 g/mol. The van der Waals surface area contributed by atoms with Gasteiger partial charge < -0.3 is 15.3 Å². The Morgan fingerprint density at radius 1 is 1.35 bits per heavy atom. The molecule has 1 aromatic carbocycles. The monoisotopic (exact) mass is 356 g/mol. The minimum absolute atomic E-state index is 0.00413. The molecule has 2 N–H and O–H groups in total. The van der Waals surface area contributed by atoms with Gasteiger partial charge in [0.2, 0.25) is 5.91 Å². The molecule has 2 atom stereocenters. The van der Waals surface area contributed by atoms with Crippen molar-refractivity contribution in [1.82, 2.24) is 20.1 Å². The molecule has 1 fully saturated rings. The van der Waals surface area contributed by atoms with Gasteiger partial charge in [0.15, 0.2) is 0 Å². The van der Waals surface area contributed by atoms with Crippen LogP contribution in [-0.4, -0.2) is 77.6 Å². The molecule has 2 heterocycles. The molecule has 0 bridgehead atoms. The van der Waals surface area contributed by atoms with E-state index in [1.54, 1.807) is 32.4 Å². The average molecular weight is 356 g/mol. The van der Waals surface area contributed by atoms with Gasteiger partial charge in [0.05, 0.1) is 24.2 Å². The lowest BCUT2D eigenvalue weighted by Gasteiger charge is -2.36. The second-order valence-corrected chi connectivity index (χ2v) is 6.87. The molecule has 0 aliphatic carbocycles. The van der Waals surface area contributed by atoms with Crippen LogP contribution in [0.1, 0.15) is 16.8 Å². The maximum atomic E-state index is 12.5. The highest BCUT2D eigenvalue weighted by Gasteiger charge is 2.30. The molecule has 0 saturated carbocycles. The van der Waals surface area contributed by atoms with E-state index in [0.717, 1.165) is 10.9 Å². The molecular formula is C19H24N4O3. The van der Waals surface area contributed by atoms with Gasteiger partial charge in [-0.2, -0.15) is 0 Å². The van der Waals surface area contributed by atoms with E-state index in [4.69, 9.17) is 0 Å². The van der Waals surface area contributed by atoms with Crippen molar-refractivity contribution < 1.29 is 14.7 Å². The van der Waals surface area contributed by atoms with E-state index in [1.165, 1.54) is 4.90 Å². The fourth-order valence-corrected chi connectivity index (χ4v) is 3.11. The van der Waals surface area contributed by atoms with Crippen LogP contribution in [0.15, 0.2) is 36.5 Å². The summed E-state index contributed by atoms with van der Waals surface area (Å²) in [5.74, 6) is -0.206. The number of hydrogen-bond acceptors (Lipinski definition) is 5. The predicted molar refractivity (Wildman–Crippen MR) is 98.8 cm³/mol. The van der Waals surface area contributed by atoms with E-state index in [9.17, 15) is 14.7 Å². The normalized spacial score (nSPS) is 20.7. The quantitative estimate of drug-likeness (QED) is 0.833. The van der Waals surface area contributed by atoms with Crippen LogP contribution in [0.25, 0.3) is 10.9 Å². The number of benzene rings is 1. The number of carbonyl (C=O) groups is 2. The summed E-state index contributed by atoms with van der Waals surface area (Å²) in [5, 5.41) is 14.2. The Balaban J connectivity index is 1.60. The van der Waals surface area contributed by atoms with Gasteiger partial charge in [0, 0.05) is 44.3 Å². The summed E-state index contributed by atoms with van der Waals surface area (Å²) in [6.07, 6.45) is 1.61. The lowest BCUT2D eigenvalue weighted by molar-refractivity contribution is -0.130. The van der Waals surface area contributed by atoms with Crippen molar-refractivity contribution in [3.63, 3.8) is 0 Å². The van der Waals surface area contributed by atoms with Gasteiger partial charge in [-0.05, 0) is 30.7 Å². The van der Waals surface area contributed by atoms with Crippen molar-refractivity contribution in [1.29, 1.82) is 0 Å². The van der Waals surface area contributed by atoms with E-state index in [0.29, 0.717) is 25.1 Å². The van der Waals surface area contributed by atoms with Crippen LogP contribution in [0.5, 0.6) is 0 Å². The molecule has 1 aliphatic heterocycles. The van der Waals surface area contributed by atoms with Gasteiger partial charge in [0.1, 0.15) is 0 Å². The lowest BCUT2D eigenvalue weighted by Crippen LogP contribution is -2.55. The van der Waals surface area contributed by atoms with E-state index < -0.39 is 6.10 Å². The third kappa shape index (κ3) is 4.17. The van der Waals surface area contributed by atoms with Gasteiger partial charge in [-0.3, -0.25) is 19.5 Å². The Morgan fingerprint density at radius 2 is 2.15 bits per heavy atom. The first kappa shape index (κ1) is 18.3. The van der Waals surface area contributed by atoms with Gasteiger partial charge >= 0.3 is 0 Å². The van der Waals surface area contributed by atoms with E-state index in [-0.39, 0.29) is 24.4 Å². The topological polar surface area (TPSA) is 85.8 Å². The Hall–Kier alpha value is -2.51. The molecule has 7 heteroatoms. The Labute approximate surface area is 152 Å². The minimum Gasteiger partial charge on any atom is -0.390 e. The summed E-state index contributed by atoms with van der Waals surface area (Å²) in [4.78, 5) is 32.0. The van der Waals surface area contributed by atoms with Crippen LogP contribution in [-0.2, 0) is 4.79 Å². The molecule has 26 heavy (non-hydrogen) atoms. The number of rotatable bonds is 4. The molecule has 1 aliphatic rings. The highest BCUT2D eigenvalue weighted by atomic mass is 16.3. The van der Waals surface area contributed by atoms with Crippen molar-refractivity contribution in [2.75, 3.05) is 33.7 Å². The molecule has 1 aromatic heterocycles. The number of aromatic nitrogens is 1. The zero-order valence-corrected chi connectivity index (χ0v) is 15.1. The fourth-order valence-electron chi connectivity index (χ4n) is 3.11. The maximum absolute atomic E-state index is 12.5. The third-order valence-electron chi connectivity index (χ3n) is 4.71. The zero-order chi connectivity index (χ0) is 18.7. The molecule has 0 unspecified atom stereocenters. The summed E-state index contributed by atoms with van der Waals surface area (Å²) in [6.45, 7) is 1.30. The molecule has 7 nitrogen and oxygen atoms in total. The summed E-state index contributed by atoms with van der Waals surface area (Å²) in [7, 11) is 3.43. The number of likely N-dealkylation sites (tertiary alicyclic amines) is 1. The number of likely N-dealkylation sites (N-methyl/N-ethyl adjacent to an activating group) is 1. The minimum atomic E-state index is -0.704. The highest BCUT2D eigenvalue weighted by Crippen LogP contribution is 2.15. The number of aliphatic hydroxyl groups excluding tert-OH is 1. The lowest BCUT2D eigenvalue weighted by atomic mass is 10.0. The first-order valence-corrected chi connectivity index (χ1v) is 8.70. The van der Waals surface area contributed by atoms with E-state index >= 15 is 0 Å². The summed E-state index contributed by atoms with van der Waals surface area (Å²) in [5.41, 5.74) is 1.38. The number of piperidine rings is 1. The number of nitrogens with one attached hydrogen (secondary N) is 1. The molecule has 0 radical (unpaired) electrons. The first-order chi connectivity index (χ1) is 12.4. The second-order valence-electron chi connectivity index (χ2n) is 6.87. The van der Waals surface area contributed by atoms with Gasteiger partial charge in [-0.1, -0.05) is 6.07 Å². The molecule has 0 spiro atoms. The van der Waals surface area contributed by atoms with Crippen LogP contribution in [0.2, 0.25) is 0 Å². The number of carbonyl (C=O) groups excluding carboxylic acids is 2. The standard InChI is InChI=1S/C19H24N4O3/c1-22(2)18(25)12-23-9-7-16(17(24)11-23)21-19(26)14-5-6-15-13(10-14)4-3-8-20-15/h3-6,8,10,16-17,24H,7,9,11-12H2,1-2H3,(H,21,26)/t16-,17-/m1/s1. The smallest absolute Gasteiger partial charge is 0.251 e. The Morgan fingerprint density at radius 3 is 2.88 bits per heavy atom. The average Bonchev–Trinajstić information content (AvgIpc) is 2.63. The number of β-amino-alcohol motifs (C(OH)–C–C–N with tert-alkyl or cyclic N) is 1. The van der Waals surface area contributed by atoms with Crippen molar-refractivity contribution in [3.05, 3.63) is 42.1 Å². The number of hydrogen-bond donors (Lipinski definition) is 2. The van der Waals surface area contributed by atoms with Crippen LogP contribution in [0, 0.1) is 0 Å². The molecule has 138 valence electrons. The summed E-state index contributed by atoms with van der Waals surface area (Å²) in [6, 6.07) is 8.78. The number of nitrogens with zero attached hydrogens (tertiary/aromatic N) is 3. The van der Waals surface area contributed by atoms with Crippen molar-refractivity contribution in [2.24, 2.45) is 0 Å². The maximum Gasteiger partial charge on any atom is 0.251 e. The molecule has 2 aromatic rings. The number of amides is 2. The van der Waals surface area contributed by atoms with Gasteiger partial charge in [-0.25, -0.2) is 0 Å². The second kappa shape index (κ2) is 7.80. The largest absolute Gasteiger partial charge is 0.390 e. The zero-order valence-electron chi connectivity index (χ0n) is 15.1. The van der Waals surface area contributed by atoms with Gasteiger partial charge in [0.25, 0.3) is 5.91 Å². The third-order valence-corrected chi connectivity index (χ3v) is 4.71. The molecule has 3 rings (SSSR count). The van der Waals surface area contributed by atoms with E-state index in [2.05, 4.69) is 10.3 Å². The number of fused-ring (bicyclic) bond motifs is 1. The van der Waals surface area contributed by atoms with Gasteiger partial charge in [-0.15, -0.1) is 0 Å². The fraction of sp³-hybridized carbons (Fsp3) is 0.421. The Kier molecular flexibility index (Phi) is 5.49. The SMILES string of the molecule is CN(C)C(=O)CN1CC[C@@H](NC(=O)c2ccc3ncccc3c2)[C@H](O)C1. The highest BCUT2D eigenvalue weighted by molar-refractivity contribution is 5.98. The van der Waals surface area contributed by atoms with Crippen molar-refractivity contribution in [2.45, 2.75) is 18.6 Å². The van der Waals surface area contributed by atoms with E-state index in [1.807, 2.05) is 23.1 Å². The Bertz CT molecular complexity index is 808. The molecule has 1 saturated heterocycles.